The van der Waals surface area contributed by atoms with Crippen molar-refractivity contribution in [1.29, 1.82) is 0 Å². The second-order valence-electron chi connectivity index (χ2n) is 3.75. The van der Waals surface area contributed by atoms with Gasteiger partial charge in [0.1, 0.15) is 0 Å². The van der Waals surface area contributed by atoms with E-state index in [1.54, 1.807) is 7.11 Å². The van der Waals surface area contributed by atoms with Crippen LogP contribution in [0.3, 0.4) is 0 Å². The van der Waals surface area contributed by atoms with E-state index in [4.69, 9.17) is 4.74 Å². The van der Waals surface area contributed by atoms with E-state index >= 15 is 0 Å². The molecule has 0 bridgehead atoms. The Morgan fingerprint density at radius 2 is 2.17 bits per heavy atom. The van der Waals surface area contributed by atoms with Crippen molar-refractivity contribution in [2.75, 3.05) is 32.1 Å². The fourth-order valence-corrected chi connectivity index (χ4v) is 2.09. The minimum atomic E-state index is -0.150. The highest BCUT2D eigenvalue weighted by Crippen LogP contribution is 2.14. The molecular weight excluding hydrogens is 252 g/mol. The zero-order chi connectivity index (χ0) is 13.2. The van der Waals surface area contributed by atoms with E-state index in [-0.39, 0.29) is 5.91 Å². The summed E-state index contributed by atoms with van der Waals surface area (Å²) in [6.07, 6.45) is 3.02. The van der Waals surface area contributed by atoms with Crippen molar-refractivity contribution in [3.05, 3.63) is 5.01 Å². The Labute approximate surface area is 111 Å². The topological polar surface area (TPSA) is 76.1 Å². The van der Waals surface area contributed by atoms with E-state index in [9.17, 15) is 4.79 Å². The third-order valence-electron chi connectivity index (χ3n) is 2.26. The first-order chi connectivity index (χ1) is 8.77. The molecule has 1 rings (SSSR count). The summed E-state index contributed by atoms with van der Waals surface area (Å²) in [5.74, 6) is -0.150. The Kier molecular flexibility index (Phi) is 7.28. The highest BCUT2D eigenvalue weighted by molar-refractivity contribution is 7.17. The van der Waals surface area contributed by atoms with Crippen LogP contribution in [0.25, 0.3) is 0 Å². The first-order valence-corrected chi connectivity index (χ1v) is 6.94. The normalized spacial score (nSPS) is 10.3. The van der Waals surface area contributed by atoms with Crippen LogP contribution in [0, 0.1) is 0 Å². The maximum Gasteiger partial charge on any atom is 0.282 e. The molecular formula is C11H20N4O2S. The van der Waals surface area contributed by atoms with Crippen molar-refractivity contribution < 1.29 is 9.53 Å². The van der Waals surface area contributed by atoms with Crippen molar-refractivity contribution in [1.82, 2.24) is 15.5 Å². The first kappa shape index (κ1) is 14.8. The number of anilines is 1. The molecule has 18 heavy (non-hydrogen) atoms. The molecule has 0 saturated carbocycles. The molecule has 1 amide bonds. The number of ether oxygens (including phenoxy) is 1. The summed E-state index contributed by atoms with van der Waals surface area (Å²) < 4.78 is 4.95. The fourth-order valence-electron chi connectivity index (χ4n) is 1.36. The van der Waals surface area contributed by atoms with Crippen molar-refractivity contribution in [2.24, 2.45) is 0 Å². The van der Waals surface area contributed by atoms with Gasteiger partial charge >= 0.3 is 0 Å². The molecule has 1 aromatic rings. The Morgan fingerprint density at radius 3 is 2.89 bits per heavy atom. The predicted octanol–water partition coefficient (Wildman–Crippen LogP) is 1.52. The minimum absolute atomic E-state index is 0.150. The smallest absolute Gasteiger partial charge is 0.282 e. The molecule has 0 radical (unpaired) electrons. The third-order valence-corrected chi connectivity index (χ3v) is 3.14. The lowest BCUT2D eigenvalue weighted by atomic mass is 10.2. The van der Waals surface area contributed by atoms with Crippen molar-refractivity contribution in [3.8, 4) is 0 Å². The lowest BCUT2D eigenvalue weighted by molar-refractivity contribution is 0.0951. The summed E-state index contributed by atoms with van der Waals surface area (Å²) in [6.45, 7) is 4.19. The Bertz CT molecular complexity index is 357. The maximum absolute atomic E-state index is 11.7. The molecule has 1 aromatic heterocycles. The average Bonchev–Trinajstić information content (AvgIpc) is 2.82. The maximum atomic E-state index is 11.7. The van der Waals surface area contributed by atoms with Gasteiger partial charge in [0, 0.05) is 26.8 Å². The molecule has 0 aliphatic heterocycles. The number of unbranched alkanes of at least 4 members (excludes halogenated alkanes) is 2. The van der Waals surface area contributed by atoms with Crippen molar-refractivity contribution in [3.63, 3.8) is 0 Å². The second-order valence-corrected chi connectivity index (χ2v) is 4.73. The van der Waals surface area contributed by atoms with Crippen LogP contribution < -0.4 is 10.6 Å². The van der Waals surface area contributed by atoms with Gasteiger partial charge in [0.2, 0.25) is 10.1 Å². The van der Waals surface area contributed by atoms with E-state index in [1.807, 2.05) is 6.92 Å². The van der Waals surface area contributed by atoms with Gasteiger partial charge in [-0.15, -0.1) is 10.2 Å². The second kappa shape index (κ2) is 8.82. The highest BCUT2D eigenvalue weighted by Gasteiger charge is 2.11. The van der Waals surface area contributed by atoms with Crippen LogP contribution in [-0.2, 0) is 4.74 Å². The molecule has 6 nitrogen and oxygen atoms in total. The fraction of sp³-hybridized carbons (Fsp3) is 0.727. The molecule has 0 atom stereocenters. The molecule has 0 aromatic carbocycles. The number of hydrogen-bond donors (Lipinski definition) is 2. The van der Waals surface area contributed by atoms with Crippen LogP contribution in [0.2, 0.25) is 0 Å². The molecule has 0 unspecified atom stereocenters. The number of nitrogens with zero attached hydrogens (tertiary/aromatic N) is 2. The van der Waals surface area contributed by atoms with Crippen LogP contribution in [0.5, 0.6) is 0 Å². The summed E-state index contributed by atoms with van der Waals surface area (Å²) in [5, 5.41) is 14.7. The molecule has 0 aliphatic rings. The largest absolute Gasteiger partial charge is 0.385 e. The van der Waals surface area contributed by atoms with Gasteiger partial charge in [0.25, 0.3) is 5.91 Å². The molecule has 7 heteroatoms. The van der Waals surface area contributed by atoms with Crippen LogP contribution in [0.15, 0.2) is 0 Å². The molecule has 0 saturated heterocycles. The Balaban J connectivity index is 2.19. The number of carbonyl (C=O) groups excluding carboxylic acids is 1. The van der Waals surface area contributed by atoms with Gasteiger partial charge in [-0.05, 0) is 26.2 Å². The van der Waals surface area contributed by atoms with Gasteiger partial charge in [0.15, 0.2) is 0 Å². The third kappa shape index (κ3) is 5.42. The number of rotatable bonds is 9. The number of aromatic nitrogens is 2. The van der Waals surface area contributed by atoms with Crippen molar-refractivity contribution in [2.45, 2.75) is 26.2 Å². The van der Waals surface area contributed by atoms with Gasteiger partial charge in [0.05, 0.1) is 0 Å². The lowest BCUT2D eigenvalue weighted by Crippen LogP contribution is -2.24. The molecule has 0 fully saturated rings. The SMILES string of the molecule is CCNc1nnc(C(=O)NCCCCCOC)s1. The zero-order valence-corrected chi connectivity index (χ0v) is 11.7. The molecule has 0 aliphatic carbocycles. The lowest BCUT2D eigenvalue weighted by Gasteiger charge is -2.02. The van der Waals surface area contributed by atoms with Crippen LogP contribution in [0.4, 0.5) is 5.13 Å². The van der Waals surface area contributed by atoms with Gasteiger partial charge in [-0.2, -0.15) is 0 Å². The highest BCUT2D eigenvalue weighted by atomic mass is 32.1. The van der Waals surface area contributed by atoms with Gasteiger partial charge in [-0.25, -0.2) is 0 Å². The summed E-state index contributed by atoms with van der Waals surface area (Å²) in [4.78, 5) is 11.7. The number of carbonyl (C=O) groups is 1. The van der Waals surface area contributed by atoms with Crippen LogP contribution >= 0.6 is 11.3 Å². The van der Waals surface area contributed by atoms with Crippen LogP contribution in [0.1, 0.15) is 36.0 Å². The van der Waals surface area contributed by atoms with E-state index in [0.717, 1.165) is 32.4 Å². The number of amides is 1. The summed E-state index contributed by atoms with van der Waals surface area (Å²) in [7, 11) is 1.69. The molecule has 102 valence electrons. The van der Waals surface area contributed by atoms with E-state index in [2.05, 4.69) is 20.8 Å². The Hall–Kier alpha value is -1.21. The minimum Gasteiger partial charge on any atom is -0.385 e. The molecule has 1 heterocycles. The van der Waals surface area contributed by atoms with Crippen molar-refractivity contribution >= 4 is 22.4 Å². The average molecular weight is 272 g/mol. The van der Waals surface area contributed by atoms with Gasteiger partial charge in [-0.1, -0.05) is 11.3 Å². The van der Waals surface area contributed by atoms with E-state index in [1.165, 1.54) is 11.3 Å². The summed E-state index contributed by atoms with van der Waals surface area (Å²) in [6, 6.07) is 0. The molecule has 0 spiro atoms. The first-order valence-electron chi connectivity index (χ1n) is 6.12. The van der Waals surface area contributed by atoms with E-state index < -0.39 is 0 Å². The summed E-state index contributed by atoms with van der Waals surface area (Å²) >= 11 is 1.27. The quantitative estimate of drug-likeness (QED) is 0.666. The zero-order valence-electron chi connectivity index (χ0n) is 10.9. The van der Waals surface area contributed by atoms with Crippen LogP contribution in [-0.4, -0.2) is 42.9 Å². The van der Waals surface area contributed by atoms with E-state index in [0.29, 0.717) is 16.7 Å². The monoisotopic (exact) mass is 272 g/mol. The van der Waals surface area contributed by atoms with Gasteiger partial charge < -0.3 is 15.4 Å². The summed E-state index contributed by atoms with van der Waals surface area (Å²) in [5.41, 5.74) is 0. The standard InChI is InChI=1S/C11H20N4O2S/c1-3-12-11-15-14-10(18-11)9(16)13-7-5-4-6-8-17-2/h3-8H2,1-2H3,(H,12,15)(H,13,16). The Morgan fingerprint density at radius 1 is 1.33 bits per heavy atom. The van der Waals surface area contributed by atoms with Gasteiger partial charge in [-0.3, -0.25) is 4.79 Å². The number of methoxy groups -OCH3 is 1. The number of hydrogen-bond acceptors (Lipinski definition) is 6. The number of nitrogens with one attached hydrogen (secondary N) is 2. The predicted molar refractivity (Wildman–Crippen MR) is 72.1 cm³/mol. The molecule has 2 N–H and O–H groups in total.